The van der Waals surface area contributed by atoms with Crippen LogP contribution in [0.1, 0.15) is 18.5 Å². The zero-order valence-corrected chi connectivity index (χ0v) is 8.84. The molecule has 0 aliphatic rings. The number of halogens is 1. The molecule has 0 radical (unpaired) electrons. The second-order valence-corrected chi connectivity index (χ2v) is 3.78. The van der Waals surface area contributed by atoms with Crippen LogP contribution in [0.5, 0.6) is 0 Å². The Bertz CT molecular complexity index is 338. The van der Waals surface area contributed by atoms with Crippen molar-refractivity contribution in [3.8, 4) is 0 Å². The summed E-state index contributed by atoms with van der Waals surface area (Å²) in [6.45, 7) is 1.45. The summed E-state index contributed by atoms with van der Waals surface area (Å²) in [5.41, 5.74) is 12.5. The maximum Gasteiger partial charge on any atom is 0.151 e. The summed E-state index contributed by atoms with van der Waals surface area (Å²) in [5, 5.41) is 0. The van der Waals surface area contributed by atoms with Crippen molar-refractivity contribution >= 4 is 27.4 Å². The van der Waals surface area contributed by atoms with Crippen LogP contribution in [0, 0.1) is 0 Å². The quantitative estimate of drug-likeness (QED) is 0.775. The highest BCUT2D eigenvalue weighted by Crippen LogP contribution is 2.23. The first-order chi connectivity index (χ1) is 6.02. The van der Waals surface area contributed by atoms with Gasteiger partial charge < -0.3 is 11.5 Å². The van der Waals surface area contributed by atoms with Gasteiger partial charge in [0.2, 0.25) is 0 Å². The van der Waals surface area contributed by atoms with E-state index in [0.717, 1.165) is 4.47 Å². The lowest BCUT2D eigenvalue weighted by atomic mass is 10.0. The molecule has 0 heterocycles. The van der Waals surface area contributed by atoms with Gasteiger partial charge in [-0.1, -0.05) is 15.9 Å². The molecule has 1 aromatic rings. The van der Waals surface area contributed by atoms with Crippen molar-refractivity contribution in [2.75, 3.05) is 5.73 Å². The molecule has 0 amide bonds. The van der Waals surface area contributed by atoms with Gasteiger partial charge in [0, 0.05) is 15.7 Å². The fourth-order valence-electron chi connectivity index (χ4n) is 1.03. The summed E-state index contributed by atoms with van der Waals surface area (Å²) >= 11 is 3.29. The molecule has 0 aliphatic heterocycles. The summed E-state index contributed by atoms with van der Waals surface area (Å²) in [5.74, 6) is -0.0928. The lowest BCUT2D eigenvalue weighted by molar-refractivity contribution is -0.118. The van der Waals surface area contributed by atoms with E-state index in [0.29, 0.717) is 11.3 Å². The fourth-order valence-corrected chi connectivity index (χ4v) is 1.41. The lowest BCUT2D eigenvalue weighted by Crippen LogP contribution is -2.19. The molecular weight excluding hydrogens is 232 g/mol. The van der Waals surface area contributed by atoms with Crippen LogP contribution in [-0.4, -0.2) is 5.78 Å². The number of carbonyl (C=O) groups excluding carboxylic acids is 1. The molecule has 70 valence electrons. The van der Waals surface area contributed by atoms with E-state index in [1.54, 1.807) is 12.1 Å². The zero-order chi connectivity index (χ0) is 10.0. The monoisotopic (exact) mass is 242 g/mol. The summed E-state index contributed by atoms with van der Waals surface area (Å²) in [6, 6.07) is 4.67. The van der Waals surface area contributed by atoms with Crippen LogP contribution in [0.3, 0.4) is 0 Å². The average Bonchev–Trinajstić information content (AvgIpc) is 2.08. The zero-order valence-electron chi connectivity index (χ0n) is 7.25. The Morgan fingerprint density at radius 2 is 2.15 bits per heavy atom. The smallest absolute Gasteiger partial charge is 0.151 e. The third-order valence-electron chi connectivity index (χ3n) is 1.82. The maximum absolute atomic E-state index is 11.0. The van der Waals surface area contributed by atoms with Crippen molar-refractivity contribution in [2.45, 2.75) is 13.0 Å². The molecule has 1 rings (SSSR count). The van der Waals surface area contributed by atoms with Gasteiger partial charge in [0.15, 0.2) is 5.78 Å². The Labute approximate surface area is 85.2 Å². The summed E-state index contributed by atoms with van der Waals surface area (Å²) in [4.78, 5) is 11.0. The predicted molar refractivity (Wildman–Crippen MR) is 56.2 cm³/mol. The Morgan fingerprint density at radius 1 is 1.54 bits per heavy atom. The number of nitrogen functional groups attached to an aromatic ring is 1. The third-order valence-corrected chi connectivity index (χ3v) is 2.32. The highest BCUT2D eigenvalue weighted by atomic mass is 79.9. The predicted octanol–water partition coefficient (Wildman–Crippen LogP) is 1.62. The van der Waals surface area contributed by atoms with Crippen molar-refractivity contribution in [3.63, 3.8) is 0 Å². The van der Waals surface area contributed by atoms with E-state index in [1.165, 1.54) is 6.92 Å². The van der Waals surface area contributed by atoms with Gasteiger partial charge in [-0.2, -0.15) is 0 Å². The number of nitrogens with two attached hydrogens (primary N) is 2. The molecule has 0 spiro atoms. The van der Waals surface area contributed by atoms with E-state index >= 15 is 0 Å². The van der Waals surface area contributed by atoms with Gasteiger partial charge in [-0.3, -0.25) is 4.79 Å². The molecule has 1 unspecified atom stereocenters. The van der Waals surface area contributed by atoms with Gasteiger partial charge in [0.1, 0.15) is 0 Å². The third kappa shape index (κ3) is 2.29. The van der Waals surface area contributed by atoms with Crippen LogP contribution in [0.4, 0.5) is 5.69 Å². The van der Waals surface area contributed by atoms with E-state index in [9.17, 15) is 4.79 Å². The first kappa shape index (κ1) is 10.2. The Kier molecular flexibility index (Phi) is 3.06. The molecule has 1 atom stereocenters. The van der Waals surface area contributed by atoms with Gasteiger partial charge in [-0.05, 0) is 25.1 Å². The van der Waals surface area contributed by atoms with Crippen LogP contribution in [0.15, 0.2) is 22.7 Å². The molecule has 0 saturated heterocycles. The number of hydrogen-bond donors (Lipinski definition) is 2. The number of hydrogen-bond acceptors (Lipinski definition) is 3. The van der Waals surface area contributed by atoms with E-state index in [1.807, 2.05) is 6.07 Å². The van der Waals surface area contributed by atoms with Gasteiger partial charge in [-0.25, -0.2) is 0 Å². The van der Waals surface area contributed by atoms with Crippen LogP contribution in [-0.2, 0) is 4.79 Å². The van der Waals surface area contributed by atoms with Crippen molar-refractivity contribution in [3.05, 3.63) is 28.2 Å². The van der Waals surface area contributed by atoms with Gasteiger partial charge >= 0.3 is 0 Å². The van der Waals surface area contributed by atoms with Crippen LogP contribution >= 0.6 is 15.9 Å². The first-order valence-electron chi connectivity index (χ1n) is 3.83. The number of rotatable bonds is 2. The Hall–Kier alpha value is -0.870. The highest BCUT2D eigenvalue weighted by molar-refractivity contribution is 9.10. The number of benzene rings is 1. The van der Waals surface area contributed by atoms with E-state index in [-0.39, 0.29) is 5.78 Å². The molecule has 13 heavy (non-hydrogen) atoms. The molecule has 1 aromatic carbocycles. The Morgan fingerprint density at radius 3 is 2.69 bits per heavy atom. The van der Waals surface area contributed by atoms with Crippen LogP contribution in [0.25, 0.3) is 0 Å². The van der Waals surface area contributed by atoms with E-state index in [2.05, 4.69) is 15.9 Å². The SMILES string of the molecule is CC(=O)C(N)c1cc(Br)ccc1N. The summed E-state index contributed by atoms with van der Waals surface area (Å²) < 4.78 is 0.869. The fraction of sp³-hybridized carbons (Fsp3) is 0.222. The molecule has 0 fully saturated rings. The van der Waals surface area contributed by atoms with E-state index in [4.69, 9.17) is 11.5 Å². The molecule has 0 aromatic heterocycles. The number of ketones is 1. The molecule has 4 heteroatoms. The van der Waals surface area contributed by atoms with Crippen LogP contribution in [0.2, 0.25) is 0 Å². The van der Waals surface area contributed by atoms with Crippen molar-refractivity contribution in [1.29, 1.82) is 0 Å². The molecule has 0 bridgehead atoms. The molecular formula is C9H11BrN2O. The second kappa shape index (κ2) is 3.89. The first-order valence-corrected chi connectivity index (χ1v) is 4.62. The minimum atomic E-state index is -0.627. The minimum Gasteiger partial charge on any atom is -0.398 e. The normalized spacial score (nSPS) is 12.5. The highest BCUT2D eigenvalue weighted by Gasteiger charge is 2.13. The number of Topliss-reactive ketones (excluding diaryl/α,β-unsaturated/α-hetero) is 1. The largest absolute Gasteiger partial charge is 0.398 e. The van der Waals surface area contributed by atoms with Crippen molar-refractivity contribution in [2.24, 2.45) is 5.73 Å². The Balaban J connectivity index is 3.12. The van der Waals surface area contributed by atoms with Gasteiger partial charge in [0.25, 0.3) is 0 Å². The molecule has 0 saturated carbocycles. The second-order valence-electron chi connectivity index (χ2n) is 2.86. The standard InChI is InChI=1S/C9H11BrN2O/c1-5(13)9(12)7-4-6(10)2-3-8(7)11/h2-4,9H,11-12H2,1H3. The average molecular weight is 243 g/mol. The van der Waals surface area contributed by atoms with Gasteiger partial charge in [-0.15, -0.1) is 0 Å². The maximum atomic E-state index is 11.0. The lowest BCUT2D eigenvalue weighted by Gasteiger charge is -2.11. The van der Waals surface area contributed by atoms with E-state index < -0.39 is 6.04 Å². The number of anilines is 1. The van der Waals surface area contributed by atoms with Gasteiger partial charge in [0.05, 0.1) is 6.04 Å². The molecule has 0 aliphatic carbocycles. The number of carbonyl (C=O) groups is 1. The van der Waals surface area contributed by atoms with Crippen LogP contribution < -0.4 is 11.5 Å². The molecule has 3 nitrogen and oxygen atoms in total. The molecule has 4 N–H and O–H groups in total. The van der Waals surface area contributed by atoms with Crippen molar-refractivity contribution in [1.82, 2.24) is 0 Å². The minimum absolute atomic E-state index is 0.0928. The van der Waals surface area contributed by atoms with Crippen molar-refractivity contribution < 1.29 is 4.79 Å². The topological polar surface area (TPSA) is 69.1 Å². The summed E-state index contributed by atoms with van der Waals surface area (Å²) in [6.07, 6.45) is 0. The summed E-state index contributed by atoms with van der Waals surface area (Å²) in [7, 11) is 0.